The third-order valence-electron chi connectivity index (χ3n) is 3.68. The lowest BCUT2D eigenvalue weighted by Crippen LogP contribution is -2.42. The molecule has 0 aliphatic rings. The predicted octanol–water partition coefficient (Wildman–Crippen LogP) is -0.239. The Hall–Kier alpha value is -1.64. The minimum absolute atomic E-state index is 0.257. The summed E-state index contributed by atoms with van der Waals surface area (Å²) in [4.78, 5) is 6.68. The van der Waals surface area contributed by atoms with E-state index in [4.69, 9.17) is 4.74 Å². The highest BCUT2D eigenvalue weighted by molar-refractivity contribution is 5.79. The first-order valence-electron chi connectivity index (χ1n) is 8.30. The molecular weight excluding hydrogens is 308 g/mol. The Morgan fingerprint density at radius 2 is 2.21 bits per heavy atom. The SMILES string of the molecule is CCNC(=NCC(C)(O)c1cnn(C)c1)NCCN(C)CCOC. The van der Waals surface area contributed by atoms with Gasteiger partial charge in [-0.25, -0.2) is 4.99 Å². The minimum atomic E-state index is -1.05. The smallest absolute Gasteiger partial charge is 0.191 e. The fraction of sp³-hybridized carbons (Fsp3) is 0.750. The van der Waals surface area contributed by atoms with Crippen LogP contribution in [-0.2, 0) is 17.4 Å². The van der Waals surface area contributed by atoms with Gasteiger partial charge in [-0.15, -0.1) is 0 Å². The lowest BCUT2D eigenvalue weighted by molar-refractivity contribution is 0.0671. The first-order chi connectivity index (χ1) is 11.4. The standard InChI is InChI=1S/C16H32N6O2/c1-6-17-15(18-7-8-21(3)9-10-24-5)19-13-16(2,23)14-11-20-22(4)12-14/h11-12,23H,6-10,13H2,1-5H3,(H2,17,18,19). The van der Waals surface area contributed by atoms with Crippen LogP contribution in [0, 0.1) is 0 Å². The average molecular weight is 340 g/mol. The Kier molecular flexibility index (Phi) is 8.73. The van der Waals surface area contributed by atoms with E-state index in [1.165, 1.54) is 0 Å². The molecule has 0 saturated carbocycles. The van der Waals surface area contributed by atoms with Crippen LogP contribution in [0.15, 0.2) is 17.4 Å². The van der Waals surface area contributed by atoms with Gasteiger partial charge in [0.1, 0.15) is 5.60 Å². The number of aryl methyl sites for hydroxylation is 1. The van der Waals surface area contributed by atoms with Crippen molar-refractivity contribution in [3.63, 3.8) is 0 Å². The number of hydrogen-bond acceptors (Lipinski definition) is 5. The second-order valence-corrected chi connectivity index (χ2v) is 6.09. The third-order valence-corrected chi connectivity index (χ3v) is 3.68. The van der Waals surface area contributed by atoms with Crippen LogP contribution in [0.2, 0.25) is 0 Å². The van der Waals surface area contributed by atoms with E-state index in [1.54, 1.807) is 31.1 Å². The maximum Gasteiger partial charge on any atom is 0.191 e. The molecule has 24 heavy (non-hydrogen) atoms. The van der Waals surface area contributed by atoms with Gasteiger partial charge >= 0.3 is 0 Å². The summed E-state index contributed by atoms with van der Waals surface area (Å²) < 4.78 is 6.74. The van der Waals surface area contributed by atoms with E-state index in [1.807, 2.05) is 14.0 Å². The Morgan fingerprint density at radius 3 is 2.79 bits per heavy atom. The normalized spacial score (nSPS) is 14.7. The third kappa shape index (κ3) is 7.29. The van der Waals surface area contributed by atoms with Crippen molar-refractivity contribution < 1.29 is 9.84 Å². The quantitative estimate of drug-likeness (QED) is 0.403. The highest BCUT2D eigenvalue weighted by Gasteiger charge is 2.24. The fourth-order valence-electron chi connectivity index (χ4n) is 2.09. The molecule has 0 amide bonds. The van der Waals surface area contributed by atoms with Crippen LogP contribution in [0.5, 0.6) is 0 Å². The number of methoxy groups -OCH3 is 1. The van der Waals surface area contributed by atoms with Gasteiger partial charge in [0.15, 0.2) is 5.96 Å². The number of nitrogens with one attached hydrogen (secondary N) is 2. The number of aliphatic imine (C=N–C) groups is 1. The summed E-state index contributed by atoms with van der Waals surface area (Å²) in [6.45, 7) is 8.04. The van der Waals surface area contributed by atoms with E-state index in [9.17, 15) is 5.11 Å². The van der Waals surface area contributed by atoms with Crippen molar-refractivity contribution in [1.82, 2.24) is 25.3 Å². The molecule has 1 unspecified atom stereocenters. The van der Waals surface area contributed by atoms with E-state index in [0.717, 1.165) is 38.3 Å². The van der Waals surface area contributed by atoms with Gasteiger partial charge in [-0.3, -0.25) is 4.68 Å². The number of ether oxygens (including phenoxy) is 1. The predicted molar refractivity (Wildman–Crippen MR) is 96.1 cm³/mol. The van der Waals surface area contributed by atoms with Gasteiger partial charge in [0.2, 0.25) is 0 Å². The summed E-state index contributed by atoms with van der Waals surface area (Å²) in [5.74, 6) is 0.696. The number of aromatic nitrogens is 2. The number of nitrogens with zero attached hydrogens (tertiary/aromatic N) is 4. The van der Waals surface area contributed by atoms with Gasteiger partial charge in [0.05, 0.1) is 19.3 Å². The Bertz CT molecular complexity index is 501. The largest absolute Gasteiger partial charge is 0.383 e. The second-order valence-electron chi connectivity index (χ2n) is 6.09. The van der Waals surface area contributed by atoms with Gasteiger partial charge in [-0.2, -0.15) is 5.10 Å². The van der Waals surface area contributed by atoms with Crippen LogP contribution < -0.4 is 10.6 Å². The number of likely N-dealkylation sites (N-methyl/N-ethyl adjacent to an activating group) is 1. The molecule has 0 saturated heterocycles. The van der Waals surface area contributed by atoms with Gasteiger partial charge in [0.25, 0.3) is 0 Å². The lowest BCUT2D eigenvalue weighted by atomic mass is 10.0. The zero-order valence-corrected chi connectivity index (χ0v) is 15.5. The van der Waals surface area contributed by atoms with Crippen molar-refractivity contribution >= 4 is 5.96 Å². The molecule has 1 aromatic rings. The van der Waals surface area contributed by atoms with Gasteiger partial charge in [-0.1, -0.05) is 0 Å². The first kappa shape index (κ1) is 20.4. The molecule has 0 aliphatic carbocycles. The Morgan fingerprint density at radius 1 is 1.46 bits per heavy atom. The zero-order valence-electron chi connectivity index (χ0n) is 15.5. The van der Waals surface area contributed by atoms with E-state index in [2.05, 4.69) is 32.7 Å². The highest BCUT2D eigenvalue weighted by Crippen LogP contribution is 2.19. The summed E-state index contributed by atoms with van der Waals surface area (Å²) in [7, 11) is 5.59. The number of hydrogen-bond donors (Lipinski definition) is 3. The molecule has 0 radical (unpaired) electrons. The molecule has 0 spiro atoms. The number of aliphatic hydroxyl groups is 1. The van der Waals surface area contributed by atoms with Crippen molar-refractivity contribution in [1.29, 1.82) is 0 Å². The van der Waals surface area contributed by atoms with Crippen LogP contribution in [0.25, 0.3) is 0 Å². The molecule has 8 nitrogen and oxygen atoms in total. The van der Waals surface area contributed by atoms with Crippen LogP contribution in [0.3, 0.4) is 0 Å². The average Bonchev–Trinajstić information content (AvgIpc) is 2.98. The van der Waals surface area contributed by atoms with Crippen LogP contribution >= 0.6 is 0 Å². The molecule has 1 aromatic heterocycles. The Balaban J connectivity index is 2.52. The van der Waals surface area contributed by atoms with Crippen molar-refractivity contribution in [2.75, 3.05) is 53.5 Å². The second kappa shape index (κ2) is 10.3. The van der Waals surface area contributed by atoms with Gasteiger partial charge < -0.3 is 25.4 Å². The van der Waals surface area contributed by atoms with E-state index < -0.39 is 5.60 Å². The van der Waals surface area contributed by atoms with Gasteiger partial charge in [0, 0.05) is 52.1 Å². The van der Waals surface area contributed by atoms with E-state index >= 15 is 0 Å². The van der Waals surface area contributed by atoms with Crippen molar-refractivity contribution in [3.8, 4) is 0 Å². The molecule has 1 heterocycles. The maximum absolute atomic E-state index is 10.6. The number of guanidine groups is 1. The minimum Gasteiger partial charge on any atom is -0.383 e. The fourth-order valence-corrected chi connectivity index (χ4v) is 2.09. The van der Waals surface area contributed by atoms with E-state index in [0.29, 0.717) is 5.96 Å². The summed E-state index contributed by atoms with van der Waals surface area (Å²) in [5, 5.41) is 21.2. The molecule has 3 N–H and O–H groups in total. The molecule has 0 aromatic carbocycles. The van der Waals surface area contributed by atoms with Crippen molar-refractivity contribution in [2.24, 2.45) is 12.0 Å². The van der Waals surface area contributed by atoms with Gasteiger partial charge in [-0.05, 0) is 20.9 Å². The first-order valence-corrected chi connectivity index (χ1v) is 8.30. The molecule has 0 aliphatic heterocycles. The molecule has 0 bridgehead atoms. The summed E-state index contributed by atoms with van der Waals surface area (Å²) >= 11 is 0. The van der Waals surface area contributed by atoms with E-state index in [-0.39, 0.29) is 6.54 Å². The highest BCUT2D eigenvalue weighted by atomic mass is 16.5. The zero-order chi connectivity index (χ0) is 18.0. The topological polar surface area (TPSA) is 86.9 Å². The molecule has 8 heteroatoms. The lowest BCUT2D eigenvalue weighted by Gasteiger charge is -2.21. The van der Waals surface area contributed by atoms with Crippen molar-refractivity contribution in [3.05, 3.63) is 18.0 Å². The molecule has 1 rings (SSSR count). The van der Waals surface area contributed by atoms with Crippen LogP contribution in [0.1, 0.15) is 19.4 Å². The molecule has 0 fully saturated rings. The maximum atomic E-state index is 10.6. The monoisotopic (exact) mass is 340 g/mol. The number of rotatable bonds is 10. The Labute approximate surface area is 144 Å². The summed E-state index contributed by atoms with van der Waals surface area (Å²) in [5.41, 5.74) is -0.296. The van der Waals surface area contributed by atoms with Crippen LogP contribution in [0.4, 0.5) is 0 Å². The molecule has 1 atom stereocenters. The summed E-state index contributed by atoms with van der Waals surface area (Å²) in [6.07, 6.45) is 3.47. The van der Waals surface area contributed by atoms with Crippen LogP contribution in [-0.4, -0.2) is 79.2 Å². The molecular formula is C16H32N6O2. The van der Waals surface area contributed by atoms with Crippen molar-refractivity contribution in [2.45, 2.75) is 19.4 Å². The molecule has 138 valence electrons. The summed E-state index contributed by atoms with van der Waals surface area (Å²) in [6, 6.07) is 0.